The summed E-state index contributed by atoms with van der Waals surface area (Å²) in [5, 5.41) is 4.12. The van der Waals surface area contributed by atoms with Gasteiger partial charge in [0.1, 0.15) is 0 Å². The zero-order valence-electron chi connectivity index (χ0n) is 8.69. The van der Waals surface area contributed by atoms with Gasteiger partial charge in [-0.25, -0.2) is 0 Å². The molecule has 1 aromatic heterocycles. The number of carbonyl (C=O) groups excluding carboxylic acids is 1. The van der Waals surface area contributed by atoms with Gasteiger partial charge in [-0.15, -0.1) is 0 Å². The Morgan fingerprint density at radius 2 is 2.36 bits per heavy atom. The van der Waals surface area contributed by atoms with Crippen molar-refractivity contribution in [3.05, 3.63) is 18.0 Å². The standard InChI is InChI=1S/C10H16N2O2/c1-3-12-9(7-8-11-12)5-6-10(13)14-4-2/h7-8H,3-6H2,1-2H3. The van der Waals surface area contributed by atoms with Gasteiger partial charge in [-0.3, -0.25) is 9.48 Å². The lowest BCUT2D eigenvalue weighted by Gasteiger charge is -2.04. The Bertz CT molecular complexity index is 294. The van der Waals surface area contributed by atoms with Crippen molar-refractivity contribution in [2.24, 2.45) is 0 Å². The molecule has 1 aromatic rings. The second-order valence-corrected chi connectivity index (χ2v) is 2.94. The van der Waals surface area contributed by atoms with Crippen molar-refractivity contribution in [3.63, 3.8) is 0 Å². The van der Waals surface area contributed by atoms with Crippen LogP contribution in [0.5, 0.6) is 0 Å². The van der Waals surface area contributed by atoms with Gasteiger partial charge in [-0.1, -0.05) is 0 Å². The van der Waals surface area contributed by atoms with Crippen LogP contribution in [0.15, 0.2) is 12.3 Å². The fourth-order valence-corrected chi connectivity index (χ4v) is 1.32. The Hall–Kier alpha value is -1.32. The third kappa shape index (κ3) is 2.87. The average Bonchev–Trinajstić information content (AvgIpc) is 2.62. The first kappa shape index (κ1) is 10.8. The molecule has 0 spiro atoms. The van der Waals surface area contributed by atoms with Gasteiger partial charge in [0.05, 0.1) is 13.0 Å². The number of carbonyl (C=O) groups is 1. The van der Waals surface area contributed by atoms with E-state index in [0.717, 1.165) is 12.2 Å². The predicted octanol–water partition coefficient (Wildman–Crippen LogP) is 1.40. The number of aromatic nitrogens is 2. The Balaban J connectivity index is 2.41. The second-order valence-electron chi connectivity index (χ2n) is 2.94. The van der Waals surface area contributed by atoms with Gasteiger partial charge in [0.2, 0.25) is 0 Å². The topological polar surface area (TPSA) is 44.1 Å². The highest BCUT2D eigenvalue weighted by molar-refractivity contribution is 5.69. The normalized spacial score (nSPS) is 10.1. The smallest absolute Gasteiger partial charge is 0.306 e. The first-order chi connectivity index (χ1) is 6.77. The van der Waals surface area contributed by atoms with Gasteiger partial charge in [0.25, 0.3) is 0 Å². The van der Waals surface area contributed by atoms with Gasteiger partial charge in [0.15, 0.2) is 0 Å². The van der Waals surface area contributed by atoms with Crippen molar-refractivity contribution in [3.8, 4) is 0 Å². The van der Waals surface area contributed by atoms with Crippen LogP contribution < -0.4 is 0 Å². The molecule has 0 saturated carbocycles. The molecule has 4 heteroatoms. The van der Waals surface area contributed by atoms with Gasteiger partial charge < -0.3 is 4.74 Å². The fraction of sp³-hybridized carbons (Fsp3) is 0.600. The van der Waals surface area contributed by atoms with Gasteiger partial charge >= 0.3 is 5.97 Å². The lowest BCUT2D eigenvalue weighted by atomic mass is 10.2. The SMILES string of the molecule is CCOC(=O)CCc1ccnn1CC. The highest BCUT2D eigenvalue weighted by atomic mass is 16.5. The molecular formula is C10H16N2O2. The average molecular weight is 196 g/mol. The highest BCUT2D eigenvalue weighted by Crippen LogP contribution is 2.03. The Kier molecular flexibility index (Phi) is 4.16. The maximum absolute atomic E-state index is 11.1. The van der Waals surface area contributed by atoms with Crippen LogP contribution in [0.2, 0.25) is 0 Å². The third-order valence-electron chi connectivity index (χ3n) is 1.99. The monoisotopic (exact) mass is 196 g/mol. The number of aryl methyl sites for hydroxylation is 2. The number of hydrogen-bond donors (Lipinski definition) is 0. The maximum atomic E-state index is 11.1. The van der Waals surface area contributed by atoms with Crippen LogP contribution in [-0.4, -0.2) is 22.4 Å². The van der Waals surface area contributed by atoms with Crippen LogP contribution in [0.3, 0.4) is 0 Å². The summed E-state index contributed by atoms with van der Waals surface area (Å²) in [5.41, 5.74) is 1.08. The Morgan fingerprint density at radius 1 is 1.57 bits per heavy atom. The molecule has 0 radical (unpaired) electrons. The molecule has 1 heterocycles. The summed E-state index contributed by atoms with van der Waals surface area (Å²) in [5.74, 6) is -0.142. The van der Waals surface area contributed by atoms with E-state index < -0.39 is 0 Å². The van der Waals surface area contributed by atoms with Gasteiger partial charge in [-0.2, -0.15) is 5.10 Å². The van der Waals surface area contributed by atoms with Crippen LogP contribution in [0, 0.1) is 0 Å². The van der Waals surface area contributed by atoms with Crippen molar-refractivity contribution < 1.29 is 9.53 Å². The molecule has 0 fully saturated rings. The highest BCUT2D eigenvalue weighted by Gasteiger charge is 2.05. The van der Waals surface area contributed by atoms with E-state index in [9.17, 15) is 4.79 Å². The molecule has 0 aromatic carbocycles. The molecule has 0 atom stereocenters. The summed E-state index contributed by atoms with van der Waals surface area (Å²) in [4.78, 5) is 11.1. The van der Waals surface area contributed by atoms with Gasteiger partial charge in [0, 0.05) is 18.4 Å². The molecule has 0 amide bonds. The summed E-state index contributed by atoms with van der Waals surface area (Å²) >= 11 is 0. The van der Waals surface area contributed by atoms with E-state index >= 15 is 0 Å². The van der Waals surface area contributed by atoms with Crippen molar-refractivity contribution in [2.45, 2.75) is 33.2 Å². The Morgan fingerprint density at radius 3 is 3.00 bits per heavy atom. The first-order valence-electron chi connectivity index (χ1n) is 4.94. The largest absolute Gasteiger partial charge is 0.466 e. The lowest BCUT2D eigenvalue weighted by Crippen LogP contribution is -2.08. The maximum Gasteiger partial charge on any atom is 0.306 e. The third-order valence-corrected chi connectivity index (χ3v) is 1.99. The van der Waals surface area contributed by atoms with E-state index in [2.05, 4.69) is 5.10 Å². The minimum absolute atomic E-state index is 0.142. The van der Waals surface area contributed by atoms with Crippen LogP contribution in [0.25, 0.3) is 0 Å². The molecular weight excluding hydrogens is 180 g/mol. The van der Waals surface area contributed by atoms with Crippen LogP contribution in [0.1, 0.15) is 26.0 Å². The molecule has 1 rings (SSSR count). The van der Waals surface area contributed by atoms with Crippen molar-refractivity contribution in [2.75, 3.05) is 6.61 Å². The molecule has 0 aliphatic carbocycles. The summed E-state index contributed by atoms with van der Waals surface area (Å²) < 4.78 is 6.73. The van der Waals surface area contributed by atoms with Crippen LogP contribution in [0.4, 0.5) is 0 Å². The second kappa shape index (κ2) is 5.42. The van der Waals surface area contributed by atoms with Crippen LogP contribution in [-0.2, 0) is 22.5 Å². The van der Waals surface area contributed by atoms with E-state index in [4.69, 9.17) is 4.74 Å². The van der Waals surface area contributed by atoms with E-state index in [1.165, 1.54) is 0 Å². The lowest BCUT2D eigenvalue weighted by molar-refractivity contribution is -0.143. The number of nitrogens with zero attached hydrogens (tertiary/aromatic N) is 2. The van der Waals surface area contributed by atoms with Crippen LogP contribution >= 0.6 is 0 Å². The summed E-state index contributed by atoms with van der Waals surface area (Å²) in [6, 6.07) is 1.93. The minimum Gasteiger partial charge on any atom is -0.466 e. The molecule has 4 nitrogen and oxygen atoms in total. The van der Waals surface area contributed by atoms with Crippen molar-refractivity contribution in [1.29, 1.82) is 0 Å². The number of esters is 1. The summed E-state index contributed by atoms with van der Waals surface area (Å²) in [7, 11) is 0. The number of hydrogen-bond acceptors (Lipinski definition) is 3. The van der Waals surface area contributed by atoms with E-state index in [-0.39, 0.29) is 5.97 Å². The van der Waals surface area contributed by atoms with Crippen molar-refractivity contribution in [1.82, 2.24) is 9.78 Å². The molecule has 0 N–H and O–H groups in total. The van der Waals surface area contributed by atoms with E-state index in [0.29, 0.717) is 19.4 Å². The number of rotatable bonds is 5. The summed E-state index contributed by atoms with van der Waals surface area (Å²) in [6.07, 6.45) is 2.89. The zero-order valence-corrected chi connectivity index (χ0v) is 8.69. The van der Waals surface area contributed by atoms with E-state index in [1.807, 2.05) is 24.6 Å². The molecule has 0 aliphatic heterocycles. The molecule has 0 unspecified atom stereocenters. The Labute approximate surface area is 83.9 Å². The molecule has 0 aliphatic rings. The molecule has 0 bridgehead atoms. The molecule has 14 heavy (non-hydrogen) atoms. The molecule has 78 valence electrons. The molecule has 0 saturated heterocycles. The van der Waals surface area contributed by atoms with Gasteiger partial charge in [-0.05, 0) is 26.3 Å². The van der Waals surface area contributed by atoms with Crippen molar-refractivity contribution >= 4 is 5.97 Å². The predicted molar refractivity (Wildman–Crippen MR) is 52.9 cm³/mol. The van der Waals surface area contributed by atoms with E-state index in [1.54, 1.807) is 6.20 Å². The minimum atomic E-state index is -0.142. The zero-order chi connectivity index (χ0) is 10.4. The summed E-state index contributed by atoms with van der Waals surface area (Å²) in [6.45, 7) is 5.13. The fourth-order valence-electron chi connectivity index (χ4n) is 1.32. The quantitative estimate of drug-likeness (QED) is 0.668. The first-order valence-corrected chi connectivity index (χ1v) is 4.94. The number of ether oxygens (including phenoxy) is 1.